The SMILES string of the molecule is CC(=O)c1sc(NCC(=O)c2ccc(C)c(F)c2)nc1C. The van der Waals surface area contributed by atoms with E-state index in [1.807, 2.05) is 0 Å². The van der Waals surface area contributed by atoms with Gasteiger partial charge in [-0.05, 0) is 25.5 Å². The third kappa shape index (κ3) is 3.52. The molecule has 6 heteroatoms. The second kappa shape index (κ2) is 6.13. The summed E-state index contributed by atoms with van der Waals surface area (Å²) >= 11 is 1.21. The molecule has 0 radical (unpaired) electrons. The highest BCUT2D eigenvalue weighted by Crippen LogP contribution is 2.22. The van der Waals surface area contributed by atoms with Crippen LogP contribution in [-0.2, 0) is 0 Å². The number of halogens is 1. The lowest BCUT2D eigenvalue weighted by Gasteiger charge is -2.03. The van der Waals surface area contributed by atoms with Crippen molar-refractivity contribution < 1.29 is 14.0 Å². The molecule has 110 valence electrons. The quantitative estimate of drug-likeness (QED) is 0.860. The molecule has 0 aliphatic carbocycles. The van der Waals surface area contributed by atoms with E-state index in [-0.39, 0.29) is 18.1 Å². The first kappa shape index (κ1) is 15.3. The van der Waals surface area contributed by atoms with Crippen molar-refractivity contribution in [1.82, 2.24) is 4.98 Å². The number of benzene rings is 1. The summed E-state index contributed by atoms with van der Waals surface area (Å²) in [5.41, 5.74) is 1.45. The third-order valence-electron chi connectivity index (χ3n) is 3.01. The zero-order chi connectivity index (χ0) is 15.6. The standard InChI is InChI=1S/C15H15FN2O2S/c1-8-4-5-11(6-12(8)16)13(20)7-17-15-18-9(2)14(21-15)10(3)19/h4-6H,7H2,1-3H3,(H,17,18). The molecule has 1 heterocycles. The van der Waals surface area contributed by atoms with Gasteiger partial charge >= 0.3 is 0 Å². The number of carbonyl (C=O) groups is 2. The van der Waals surface area contributed by atoms with Crippen LogP contribution >= 0.6 is 11.3 Å². The number of ketones is 2. The Labute approximate surface area is 126 Å². The van der Waals surface area contributed by atoms with Gasteiger partial charge in [0.05, 0.1) is 17.1 Å². The highest BCUT2D eigenvalue weighted by Gasteiger charge is 2.13. The van der Waals surface area contributed by atoms with E-state index in [1.165, 1.54) is 24.3 Å². The summed E-state index contributed by atoms with van der Waals surface area (Å²) in [6.07, 6.45) is 0. The smallest absolute Gasteiger partial charge is 0.183 e. The van der Waals surface area contributed by atoms with Gasteiger partial charge in [0.2, 0.25) is 0 Å². The van der Waals surface area contributed by atoms with Crippen LogP contribution in [0.25, 0.3) is 0 Å². The summed E-state index contributed by atoms with van der Waals surface area (Å²) in [4.78, 5) is 28.1. The van der Waals surface area contributed by atoms with Crippen molar-refractivity contribution in [2.75, 3.05) is 11.9 Å². The van der Waals surface area contributed by atoms with Crippen LogP contribution in [-0.4, -0.2) is 23.1 Å². The van der Waals surface area contributed by atoms with E-state index in [0.29, 0.717) is 26.8 Å². The number of nitrogens with one attached hydrogen (secondary N) is 1. The summed E-state index contributed by atoms with van der Waals surface area (Å²) < 4.78 is 13.4. The lowest BCUT2D eigenvalue weighted by molar-refractivity contribution is 0.100. The van der Waals surface area contributed by atoms with E-state index in [4.69, 9.17) is 0 Å². The average Bonchev–Trinajstić information content (AvgIpc) is 2.80. The zero-order valence-corrected chi connectivity index (χ0v) is 12.8. The maximum absolute atomic E-state index is 13.4. The van der Waals surface area contributed by atoms with Crippen molar-refractivity contribution in [2.45, 2.75) is 20.8 Å². The van der Waals surface area contributed by atoms with Crippen LogP contribution in [0.15, 0.2) is 18.2 Å². The summed E-state index contributed by atoms with van der Waals surface area (Å²) in [6.45, 7) is 4.87. The van der Waals surface area contributed by atoms with Gasteiger partial charge in [0, 0.05) is 12.5 Å². The molecule has 1 aromatic heterocycles. The van der Waals surface area contributed by atoms with Crippen molar-refractivity contribution in [1.29, 1.82) is 0 Å². The van der Waals surface area contributed by atoms with Gasteiger partial charge in [0.15, 0.2) is 16.7 Å². The van der Waals surface area contributed by atoms with E-state index in [2.05, 4.69) is 10.3 Å². The number of aromatic nitrogens is 1. The first-order valence-corrected chi connectivity index (χ1v) is 7.21. The number of rotatable bonds is 5. The zero-order valence-electron chi connectivity index (χ0n) is 12.0. The molecule has 0 fully saturated rings. The van der Waals surface area contributed by atoms with Gasteiger partial charge in [0.25, 0.3) is 0 Å². The van der Waals surface area contributed by atoms with Crippen LogP contribution in [0.5, 0.6) is 0 Å². The Balaban J connectivity index is 2.05. The fraction of sp³-hybridized carbons (Fsp3) is 0.267. The van der Waals surface area contributed by atoms with Crippen LogP contribution < -0.4 is 5.32 Å². The summed E-state index contributed by atoms with van der Waals surface area (Å²) in [5.74, 6) is -0.680. The van der Waals surface area contributed by atoms with Gasteiger partial charge in [-0.15, -0.1) is 0 Å². The fourth-order valence-corrected chi connectivity index (χ4v) is 2.68. The summed E-state index contributed by atoms with van der Waals surface area (Å²) in [6, 6.07) is 4.40. The highest BCUT2D eigenvalue weighted by atomic mass is 32.1. The molecule has 2 rings (SSSR count). The molecule has 0 bridgehead atoms. The van der Waals surface area contributed by atoms with Crippen LogP contribution in [0.1, 0.15) is 38.2 Å². The Morgan fingerprint density at radius 3 is 2.62 bits per heavy atom. The highest BCUT2D eigenvalue weighted by molar-refractivity contribution is 7.17. The van der Waals surface area contributed by atoms with Crippen molar-refractivity contribution >= 4 is 28.0 Å². The third-order valence-corrected chi connectivity index (χ3v) is 4.23. The van der Waals surface area contributed by atoms with Gasteiger partial charge in [-0.1, -0.05) is 23.5 Å². The number of Topliss-reactive ketones (excluding diaryl/α,β-unsaturated/α-hetero) is 2. The first-order chi connectivity index (χ1) is 9.88. The van der Waals surface area contributed by atoms with E-state index in [9.17, 15) is 14.0 Å². The monoisotopic (exact) mass is 306 g/mol. The molecule has 0 saturated heterocycles. The van der Waals surface area contributed by atoms with Crippen molar-refractivity contribution in [3.8, 4) is 0 Å². The van der Waals surface area contributed by atoms with Gasteiger partial charge in [-0.25, -0.2) is 9.37 Å². The molecule has 1 N–H and O–H groups in total. The molecule has 0 saturated carbocycles. The average molecular weight is 306 g/mol. The minimum Gasteiger partial charge on any atom is -0.354 e. The van der Waals surface area contributed by atoms with Crippen LogP contribution in [0.3, 0.4) is 0 Å². The van der Waals surface area contributed by atoms with Crippen LogP contribution in [0, 0.1) is 19.7 Å². The number of anilines is 1. The minimum atomic E-state index is -0.398. The Morgan fingerprint density at radius 2 is 2.05 bits per heavy atom. The molecular formula is C15H15FN2O2S. The molecule has 0 spiro atoms. The molecular weight excluding hydrogens is 291 g/mol. The largest absolute Gasteiger partial charge is 0.354 e. The molecule has 1 aromatic carbocycles. The number of aryl methyl sites for hydroxylation is 2. The Morgan fingerprint density at radius 1 is 1.33 bits per heavy atom. The van der Waals surface area contributed by atoms with E-state index < -0.39 is 5.82 Å². The lowest BCUT2D eigenvalue weighted by atomic mass is 10.1. The Kier molecular flexibility index (Phi) is 4.47. The van der Waals surface area contributed by atoms with Crippen molar-refractivity contribution in [2.24, 2.45) is 0 Å². The van der Waals surface area contributed by atoms with Gasteiger partial charge in [-0.3, -0.25) is 9.59 Å². The van der Waals surface area contributed by atoms with Crippen molar-refractivity contribution in [3.05, 3.63) is 45.7 Å². The fourth-order valence-electron chi connectivity index (χ4n) is 1.82. The minimum absolute atomic E-state index is 0.00675. The second-order valence-corrected chi connectivity index (χ2v) is 5.73. The van der Waals surface area contributed by atoms with E-state index >= 15 is 0 Å². The normalized spacial score (nSPS) is 10.5. The Bertz CT molecular complexity index is 710. The number of thiazole rings is 1. The maximum atomic E-state index is 13.4. The molecule has 0 aliphatic rings. The maximum Gasteiger partial charge on any atom is 0.183 e. The van der Waals surface area contributed by atoms with Gasteiger partial charge in [-0.2, -0.15) is 0 Å². The molecule has 4 nitrogen and oxygen atoms in total. The lowest BCUT2D eigenvalue weighted by Crippen LogP contribution is -2.14. The van der Waals surface area contributed by atoms with Crippen molar-refractivity contribution in [3.63, 3.8) is 0 Å². The summed E-state index contributed by atoms with van der Waals surface area (Å²) in [5, 5.41) is 3.39. The second-order valence-electron chi connectivity index (χ2n) is 4.73. The van der Waals surface area contributed by atoms with E-state index in [1.54, 1.807) is 26.0 Å². The van der Waals surface area contributed by atoms with E-state index in [0.717, 1.165) is 0 Å². The summed E-state index contributed by atoms with van der Waals surface area (Å²) in [7, 11) is 0. The predicted octanol–water partition coefficient (Wildman–Crippen LogP) is 3.40. The predicted molar refractivity (Wildman–Crippen MR) is 80.8 cm³/mol. The molecule has 0 amide bonds. The molecule has 2 aromatic rings. The molecule has 0 atom stereocenters. The molecule has 0 unspecified atom stereocenters. The topological polar surface area (TPSA) is 59.1 Å². The number of hydrogen-bond acceptors (Lipinski definition) is 5. The first-order valence-electron chi connectivity index (χ1n) is 6.40. The van der Waals surface area contributed by atoms with Crippen LogP contribution in [0.4, 0.5) is 9.52 Å². The number of hydrogen-bond donors (Lipinski definition) is 1. The number of carbonyl (C=O) groups excluding carboxylic acids is 2. The molecule has 21 heavy (non-hydrogen) atoms. The molecule has 0 aliphatic heterocycles. The van der Waals surface area contributed by atoms with Gasteiger partial charge in [0.1, 0.15) is 5.82 Å². The van der Waals surface area contributed by atoms with Gasteiger partial charge < -0.3 is 5.32 Å². The Hall–Kier alpha value is -2.08. The van der Waals surface area contributed by atoms with Crippen LogP contribution in [0.2, 0.25) is 0 Å². The number of nitrogens with zero attached hydrogens (tertiary/aromatic N) is 1.